The van der Waals surface area contributed by atoms with Crippen molar-refractivity contribution in [2.24, 2.45) is 11.8 Å². The van der Waals surface area contributed by atoms with Crippen LogP contribution in [-0.2, 0) is 35.0 Å². The Bertz CT molecular complexity index is 774. The lowest BCUT2D eigenvalue weighted by molar-refractivity contribution is -0.170. The second-order valence-electron chi connectivity index (χ2n) is 6.70. The van der Waals surface area contributed by atoms with Crippen LogP contribution in [0.25, 0.3) is 5.57 Å². The molecule has 0 spiro atoms. The van der Waals surface area contributed by atoms with E-state index in [1.54, 1.807) is 20.8 Å². The molecule has 0 saturated carbocycles. The maximum absolute atomic E-state index is 12.9. The number of allylic oxidation sites excluding steroid dienone is 1. The number of ether oxygens (including phenoxy) is 3. The number of rotatable bonds is 8. The van der Waals surface area contributed by atoms with Gasteiger partial charge in [-0.05, 0) is 63.3 Å². The number of carbonyl (C=O) groups is 3. The number of carbonyl (C=O) groups excluding carboxylic acids is 3. The Kier molecular flexibility index (Phi) is 7.38. The fourth-order valence-electron chi connectivity index (χ4n) is 3.63. The van der Waals surface area contributed by atoms with Gasteiger partial charge in [0, 0.05) is 0 Å². The average molecular weight is 388 g/mol. The summed E-state index contributed by atoms with van der Waals surface area (Å²) in [6.45, 7) is 9.23. The van der Waals surface area contributed by atoms with Gasteiger partial charge in [-0.2, -0.15) is 0 Å². The van der Waals surface area contributed by atoms with Gasteiger partial charge in [-0.3, -0.25) is 14.4 Å². The zero-order chi connectivity index (χ0) is 20.8. The predicted octanol–water partition coefficient (Wildman–Crippen LogP) is 3.25. The Morgan fingerprint density at radius 1 is 0.893 bits per heavy atom. The quantitative estimate of drug-likeness (QED) is 0.386. The zero-order valence-corrected chi connectivity index (χ0v) is 17.2. The number of hydrogen-bond acceptors (Lipinski definition) is 6. The molecule has 1 aromatic rings. The lowest BCUT2D eigenvalue weighted by Gasteiger charge is -2.24. The zero-order valence-electron chi connectivity index (χ0n) is 17.2. The molecule has 1 aromatic carbocycles. The van der Waals surface area contributed by atoms with Gasteiger partial charge in [0.15, 0.2) is 5.92 Å². The number of aryl methyl sites for hydroxylation is 1. The molecule has 0 aromatic heterocycles. The third-order valence-electron chi connectivity index (χ3n) is 4.86. The van der Waals surface area contributed by atoms with Crippen molar-refractivity contribution in [2.75, 3.05) is 19.8 Å². The molecular weight excluding hydrogens is 360 g/mol. The van der Waals surface area contributed by atoms with Crippen LogP contribution >= 0.6 is 0 Å². The molecule has 0 aliphatic heterocycles. The summed E-state index contributed by atoms with van der Waals surface area (Å²) in [6, 6.07) is 6.05. The van der Waals surface area contributed by atoms with E-state index < -0.39 is 29.7 Å². The van der Waals surface area contributed by atoms with Crippen molar-refractivity contribution in [3.8, 4) is 0 Å². The van der Waals surface area contributed by atoms with Crippen LogP contribution in [0.15, 0.2) is 23.8 Å². The molecular formula is C22H28O6. The normalized spacial score (nSPS) is 13.9. The highest BCUT2D eigenvalue weighted by atomic mass is 16.6. The van der Waals surface area contributed by atoms with E-state index in [-0.39, 0.29) is 19.8 Å². The van der Waals surface area contributed by atoms with Crippen molar-refractivity contribution in [1.29, 1.82) is 0 Å². The van der Waals surface area contributed by atoms with Gasteiger partial charge >= 0.3 is 17.9 Å². The summed E-state index contributed by atoms with van der Waals surface area (Å²) in [7, 11) is 0. The molecule has 28 heavy (non-hydrogen) atoms. The van der Waals surface area contributed by atoms with Crippen LogP contribution in [0, 0.1) is 18.8 Å². The molecule has 0 N–H and O–H groups in total. The number of fused-ring (bicyclic) bond motifs is 1. The summed E-state index contributed by atoms with van der Waals surface area (Å²) in [6.07, 6.45) is 0.474. The Morgan fingerprint density at radius 2 is 1.43 bits per heavy atom. The lowest BCUT2D eigenvalue weighted by atomic mass is 9.83. The highest BCUT2D eigenvalue weighted by Crippen LogP contribution is 2.40. The highest BCUT2D eigenvalue weighted by Gasteiger charge is 2.46. The van der Waals surface area contributed by atoms with Crippen molar-refractivity contribution < 1.29 is 28.6 Å². The van der Waals surface area contributed by atoms with Crippen molar-refractivity contribution in [2.45, 2.75) is 41.0 Å². The topological polar surface area (TPSA) is 78.9 Å². The molecule has 6 heteroatoms. The smallest absolute Gasteiger partial charge is 0.321 e. The molecule has 0 fully saturated rings. The molecule has 0 amide bonds. The first-order valence-electron chi connectivity index (χ1n) is 9.65. The number of esters is 3. The monoisotopic (exact) mass is 388 g/mol. The standard InChI is InChI=1S/C22H28O6/c1-6-26-20(23)18(19(21(24)27-7-2)22(25)28-8-3)17-12-15-11-13(4)9-10-16(15)14(17)5/h9-11,18-19H,6-8,12H2,1-5H3. The van der Waals surface area contributed by atoms with Crippen LogP contribution in [0.1, 0.15) is 44.4 Å². The second kappa shape index (κ2) is 9.53. The molecule has 0 bridgehead atoms. The fraction of sp³-hybridized carbons (Fsp3) is 0.500. The fourth-order valence-corrected chi connectivity index (χ4v) is 3.63. The molecule has 1 unspecified atom stereocenters. The van der Waals surface area contributed by atoms with E-state index in [4.69, 9.17) is 14.2 Å². The van der Waals surface area contributed by atoms with Gasteiger partial charge in [-0.15, -0.1) is 0 Å². The first kappa shape index (κ1) is 21.7. The van der Waals surface area contributed by atoms with Crippen LogP contribution in [0.2, 0.25) is 0 Å². The van der Waals surface area contributed by atoms with E-state index in [0.717, 1.165) is 22.3 Å². The highest BCUT2D eigenvalue weighted by molar-refractivity contribution is 6.01. The number of benzene rings is 1. The Morgan fingerprint density at radius 3 is 1.96 bits per heavy atom. The summed E-state index contributed by atoms with van der Waals surface area (Å²) in [5.74, 6) is -4.63. The van der Waals surface area contributed by atoms with Crippen molar-refractivity contribution in [3.63, 3.8) is 0 Å². The summed E-state index contributed by atoms with van der Waals surface area (Å²) in [5, 5.41) is 0. The van der Waals surface area contributed by atoms with Crippen molar-refractivity contribution in [1.82, 2.24) is 0 Å². The van der Waals surface area contributed by atoms with Gasteiger partial charge in [0.1, 0.15) is 5.92 Å². The predicted molar refractivity (Wildman–Crippen MR) is 104 cm³/mol. The van der Waals surface area contributed by atoms with E-state index in [1.165, 1.54) is 0 Å². The van der Waals surface area contributed by atoms with Gasteiger partial charge in [0.25, 0.3) is 0 Å². The van der Waals surface area contributed by atoms with Crippen LogP contribution in [-0.4, -0.2) is 37.7 Å². The van der Waals surface area contributed by atoms with Gasteiger partial charge in [0.05, 0.1) is 19.8 Å². The molecule has 0 heterocycles. The van der Waals surface area contributed by atoms with Crippen LogP contribution in [0.3, 0.4) is 0 Å². The minimum absolute atomic E-state index is 0.0989. The van der Waals surface area contributed by atoms with E-state index >= 15 is 0 Å². The van der Waals surface area contributed by atoms with E-state index in [1.807, 2.05) is 26.0 Å². The van der Waals surface area contributed by atoms with Gasteiger partial charge in [-0.25, -0.2) is 0 Å². The lowest BCUT2D eigenvalue weighted by Crippen LogP contribution is -2.40. The van der Waals surface area contributed by atoms with Gasteiger partial charge in [0.2, 0.25) is 0 Å². The SMILES string of the molecule is CCOC(=O)C(C(=O)OCC)C(C(=O)OCC)C1=C(C)c2ccc(C)cc2C1. The number of hydrogen-bond donors (Lipinski definition) is 0. The van der Waals surface area contributed by atoms with E-state index in [9.17, 15) is 14.4 Å². The van der Waals surface area contributed by atoms with Crippen LogP contribution in [0.5, 0.6) is 0 Å². The Labute approximate surface area is 165 Å². The molecule has 2 rings (SSSR count). The average Bonchev–Trinajstić information content (AvgIpc) is 2.95. The summed E-state index contributed by atoms with van der Waals surface area (Å²) < 4.78 is 15.4. The second-order valence-corrected chi connectivity index (χ2v) is 6.70. The minimum atomic E-state index is -1.39. The Hall–Kier alpha value is -2.63. The third kappa shape index (κ3) is 4.43. The maximum Gasteiger partial charge on any atom is 0.321 e. The molecule has 0 radical (unpaired) electrons. The first-order chi connectivity index (χ1) is 13.3. The van der Waals surface area contributed by atoms with E-state index in [2.05, 4.69) is 6.07 Å². The first-order valence-corrected chi connectivity index (χ1v) is 9.65. The molecule has 1 aliphatic carbocycles. The largest absolute Gasteiger partial charge is 0.465 e. The third-order valence-corrected chi connectivity index (χ3v) is 4.86. The summed E-state index contributed by atoms with van der Waals surface area (Å²) >= 11 is 0. The van der Waals surface area contributed by atoms with Crippen molar-refractivity contribution in [3.05, 3.63) is 40.5 Å². The van der Waals surface area contributed by atoms with Crippen molar-refractivity contribution >= 4 is 23.5 Å². The van der Waals surface area contributed by atoms with Gasteiger partial charge < -0.3 is 14.2 Å². The van der Waals surface area contributed by atoms with E-state index in [0.29, 0.717) is 12.0 Å². The minimum Gasteiger partial charge on any atom is -0.465 e. The molecule has 1 atom stereocenters. The summed E-state index contributed by atoms with van der Waals surface area (Å²) in [5.41, 5.74) is 4.76. The van der Waals surface area contributed by atoms with Gasteiger partial charge in [-0.1, -0.05) is 23.8 Å². The van der Waals surface area contributed by atoms with Crippen LogP contribution in [0.4, 0.5) is 0 Å². The molecule has 0 saturated heterocycles. The molecule has 152 valence electrons. The molecule has 1 aliphatic rings. The summed E-state index contributed by atoms with van der Waals surface area (Å²) in [4.78, 5) is 38.2. The van der Waals surface area contributed by atoms with Crippen LogP contribution < -0.4 is 0 Å². The maximum atomic E-state index is 12.9. The molecule has 6 nitrogen and oxygen atoms in total. The Balaban J connectivity index is 2.54.